The molecule has 1 unspecified atom stereocenters. The smallest absolute Gasteiger partial charge is 0.237 e. The third-order valence-corrected chi connectivity index (χ3v) is 5.11. The maximum Gasteiger partial charge on any atom is 0.237 e. The number of Topliss-reactive ketones (excluding diaryl/α,β-unsaturated/α-hetero) is 1. The third-order valence-electron chi connectivity index (χ3n) is 4.09. The fraction of sp³-hybridized carbons (Fsp3) is 0.182. The van der Waals surface area contributed by atoms with Crippen molar-refractivity contribution in [2.45, 2.75) is 31.0 Å². The average Bonchev–Trinajstić information content (AvgIpc) is 2.68. The molecule has 0 bridgehead atoms. The molecule has 1 heterocycles. The Hall–Kier alpha value is -2.99. The molecule has 1 amide bonds. The van der Waals surface area contributed by atoms with Gasteiger partial charge in [-0.3, -0.25) is 9.59 Å². The Balaban J connectivity index is 1.73. The van der Waals surface area contributed by atoms with Crippen LogP contribution < -0.4 is 5.32 Å². The first-order valence-electron chi connectivity index (χ1n) is 8.92. The maximum absolute atomic E-state index is 12.6. The predicted octanol–water partition coefficient (Wildman–Crippen LogP) is 4.77. The normalized spacial score (nSPS) is 11.7. The van der Waals surface area contributed by atoms with E-state index in [1.807, 2.05) is 50.2 Å². The number of hydrogen-bond acceptors (Lipinski definition) is 5. The van der Waals surface area contributed by atoms with Gasteiger partial charge in [-0.1, -0.05) is 54.2 Å². The van der Waals surface area contributed by atoms with Crippen LogP contribution in [0, 0.1) is 6.92 Å². The minimum Gasteiger partial charge on any atom is -0.325 e. The summed E-state index contributed by atoms with van der Waals surface area (Å²) in [5.41, 5.74) is 3.01. The number of aromatic nitrogens is 2. The van der Waals surface area contributed by atoms with E-state index in [0.29, 0.717) is 17.1 Å². The predicted molar refractivity (Wildman–Crippen MR) is 113 cm³/mol. The van der Waals surface area contributed by atoms with E-state index >= 15 is 0 Å². The van der Waals surface area contributed by atoms with Gasteiger partial charge in [0.1, 0.15) is 10.9 Å². The van der Waals surface area contributed by atoms with Crippen molar-refractivity contribution >= 4 is 29.1 Å². The van der Waals surface area contributed by atoms with Crippen molar-refractivity contribution < 1.29 is 9.59 Å². The lowest BCUT2D eigenvalue weighted by Crippen LogP contribution is -2.22. The molecule has 5 nitrogen and oxygen atoms in total. The zero-order valence-corrected chi connectivity index (χ0v) is 16.8. The SMILES string of the molecule is CC(=O)c1cccc(NC(=O)C(C)Sc2cc(-c3ccccc3)nc(C)n2)c1. The summed E-state index contributed by atoms with van der Waals surface area (Å²) in [7, 11) is 0. The maximum atomic E-state index is 12.6. The number of amides is 1. The molecule has 0 fully saturated rings. The van der Waals surface area contributed by atoms with E-state index in [4.69, 9.17) is 0 Å². The zero-order chi connectivity index (χ0) is 20.1. The van der Waals surface area contributed by atoms with Gasteiger partial charge in [0.2, 0.25) is 5.91 Å². The minimum absolute atomic E-state index is 0.0385. The number of nitrogens with zero attached hydrogens (tertiary/aromatic N) is 2. The molecular formula is C22H21N3O2S. The van der Waals surface area contributed by atoms with Crippen LogP contribution in [-0.4, -0.2) is 26.9 Å². The Labute approximate surface area is 168 Å². The standard InChI is InChI=1S/C22H21N3O2S/c1-14(26)18-10-7-11-19(12-18)25-22(27)15(2)28-21-13-20(23-16(3)24-21)17-8-5-4-6-9-17/h4-13,15H,1-3H3,(H,25,27). The average molecular weight is 391 g/mol. The summed E-state index contributed by atoms with van der Waals surface area (Å²) in [6, 6.07) is 18.7. The second-order valence-corrected chi connectivity index (χ2v) is 7.75. The van der Waals surface area contributed by atoms with Gasteiger partial charge >= 0.3 is 0 Å². The Kier molecular flexibility index (Phi) is 6.21. The first kappa shape index (κ1) is 19.8. The number of aryl methyl sites for hydroxylation is 1. The number of ketones is 1. The molecule has 2 aromatic carbocycles. The Morgan fingerprint density at radius 3 is 2.46 bits per heavy atom. The molecule has 0 spiro atoms. The van der Waals surface area contributed by atoms with E-state index in [1.165, 1.54) is 18.7 Å². The molecule has 0 aliphatic carbocycles. The summed E-state index contributed by atoms with van der Waals surface area (Å²) in [6.07, 6.45) is 0. The number of hydrogen-bond donors (Lipinski definition) is 1. The highest BCUT2D eigenvalue weighted by Gasteiger charge is 2.17. The van der Waals surface area contributed by atoms with E-state index in [-0.39, 0.29) is 16.9 Å². The van der Waals surface area contributed by atoms with Crippen molar-refractivity contribution in [3.8, 4) is 11.3 Å². The lowest BCUT2D eigenvalue weighted by atomic mass is 10.1. The molecule has 1 atom stereocenters. The van der Waals surface area contributed by atoms with Crippen molar-refractivity contribution in [2.24, 2.45) is 0 Å². The van der Waals surface area contributed by atoms with Gasteiger partial charge in [0.15, 0.2) is 5.78 Å². The lowest BCUT2D eigenvalue weighted by molar-refractivity contribution is -0.115. The van der Waals surface area contributed by atoms with Crippen molar-refractivity contribution in [1.82, 2.24) is 9.97 Å². The van der Waals surface area contributed by atoms with Gasteiger partial charge in [0.05, 0.1) is 10.9 Å². The molecule has 3 rings (SSSR count). The second-order valence-electron chi connectivity index (χ2n) is 6.39. The van der Waals surface area contributed by atoms with Crippen LogP contribution in [0.25, 0.3) is 11.3 Å². The number of nitrogens with one attached hydrogen (secondary N) is 1. The van der Waals surface area contributed by atoms with Crippen LogP contribution in [0.2, 0.25) is 0 Å². The summed E-state index contributed by atoms with van der Waals surface area (Å²) < 4.78 is 0. The second kappa shape index (κ2) is 8.80. The fourth-order valence-corrected chi connectivity index (χ4v) is 3.54. The molecule has 0 saturated heterocycles. The summed E-state index contributed by atoms with van der Waals surface area (Å²) >= 11 is 1.37. The van der Waals surface area contributed by atoms with Crippen LogP contribution in [0.5, 0.6) is 0 Å². The fourth-order valence-electron chi connectivity index (χ4n) is 2.65. The molecule has 6 heteroatoms. The van der Waals surface area contributed by atoms with Gasteiger partial charge in [-0.05, 0) is 39.0 Å². The largest absolute Gasteiger partial charge is 0.325 e. The van der Waals surface area contributed by atoms with Crippen molar-refractivity contribution in [1.29, 1.82) is 0 Å². The van der Waals surface area contributed by atoms with Gasteiger partial charge in [-0.25, -0.2) is 9.97 Å². The van der Waals surface area contributed by atoms with Gasteiger partial charge in [0, 0.05) is 16.8 Å². The molecule has 0 aliphatic rings. The topological polar surface area (TPSA) is 72.0 Å². The minimum atomic E-state index is -0.362. The number of anilines is 1. The van der Waals surface area contributed by atoms with E-state index < -0.39 is 0 Å². The Morgan fingerprint density at radius 1 is 1.00 bits per heavy atom. The van der Waals surface area contributed by atoms with Gasteiger partial charge < -0.3 is 5.32 Å². The highest BCUT2D eigenvalue weighted by Crippen LogP contribution is 2.26. The molecular weight excluding hydrogens is 370 g/mol. The quantitative estimate of drug-likeness (QED) is 0.372. The van der Waals surface area contributed by atoms with Crippen molar-refractivity contribution in [3.63, 3.8) is 0 Å². The highest BCUT2D eigenvalue weighted by molar-refractivity contribution is 8.00. The molecule has 1 aromatic heterocycles. The zero-order valence-electron chi connectivity index (χ0n) is 16.0. The number of rotatable bonds is 6. The van der Waals surface area contributed by atoms with Crippen LogP contribution in [0.1, 0.15) is 30.0 Å². The Morgan fingerprint density at radius 2 is 1.75 bits per heavy atom. The number of thioether (sulfide) groups is 1. The molecule has 0 aliphatic heterocycles. The molecule has 142 valence electrons. The first-order chi connectivity index (χ1) is 13.4. The number of benzene rings is 2. The third kappa shape index (κ3) is 5.04. The first-order valence-corrected chi connectivity index (χ1v) is 9.80. The van der Waals surface area contributed by atoms with Gasteiger partial charge in [-0.15, -0.1) is 0 Å². The molecule has 28 heavy (non-hydrogen) atoms. The van der Waals surface area contributed by atoms with Crippen molar-refractivity contribution in [3.05, 3.63) is 72.1 Å². The van der Waals surface area contributed by atoms with Crippen LogP contribution in [-0.2, 0) is 4.79 Å². The van der Waals surface area contributed by atoms with Crippen molar-refractivity contribution in [2.75, 3.05) is 5.32 Å². The van der Waals surface area contributed by atoms with Gasteiger partial charge in [-0.2, -0.15) is 0 Å². The van der Waals surface area contributed by atoms with Crippen LogP contribution in [0.3, 0.4) is 0 Å². The number of carbonyl (C=O) groups excluding carboxylic acids is 2. The van der Waals surface area contributed by atoms with Crippen LogP contribution in [0.4, 0.5) is 5.69 Å². The summed E-state index contributed by atoms with van der Waals surface area (Å²) in [6.45, 7) is 5.17. The van der Waals surface area contributed by atoms with Gasteiger partial charge in [0.25, 0.3) is 0 Å². The van der Waals surface area contributed by atoms with E-state index in [1.54, 1.807) is 24.3 Å². The molecule has 3 aromatic rings. The van der Waals surface area contributed by atoms with E-state index in [9.17, 15) is 9.59 Å². The summed E-state index contributed by atoms with van der Waals surface area (Å²) in [5, 5.41) is 3.24. The Bertz CT molecular complexity index is 1010. The monoisotopic (exact) mass is 391 g/mol. The highest BCUT2D eigenvalue weighted by atomic mass is 32.2. The van der Waals surface area contributed by atoms with Crippen LogP contribution in [0.15, 0.2) is 65.7 Å². The summed E-state index contributed by atoms with van der Waals surface area (Å²) in [5.74, 6) is 0.470. The molecule has 1 N–H and O–H groups in total. The van der Waals surface area contributed by atoms with E-state index in [2.05, 4.69) is 15.3 Å². The lowest BCUT2D eigenvalue weighted by Gasteiger charge is -2.13. The van der Waals surface area contributed by atoms with Crippen LogP contribution >= 0.6 is 11.8 Å². The van der Waals surface area contributed by atoms with E-state index in [0.717, 1.165) is 16.3 Å². The number of carbonyl (C=O) groups is 2. The summed E-state index contributed by atoms with van der Waals surface area (Å²) in [4.78, 5) is 33.0. The molecule has 0 saturated carbocycles. The molecule has 0 radical (unpaired) electrons.